The largest absolute Gasteiger partial charge is 0.465 e. The molecule has 0 saturated heterocycles. The Kier molecular flexibility index (Phi) is 5.82. The van der Waals surface area contributed by atoms with Crippen molar-refractivity contribution in [2.75, 3.05) is 6.61 Å². The maximum absolute atomic E-state index is 12.4. The Hall–Kier alpha value is -1.82. The first kappa shape index (κ1) is 17.5. The van der Waals surface area contributed by atoms with Crippen molar-refractivity contribution in [2.24, 2.45) is 11.3 Å². The van der Waals surface area contributed by atoms with E-state index in [2.05, 4.69) is 38.1 Å². The minimum absolute atomic E-state index is 0.280. The molecule has 0 heterocycles. The van der Waals surface area contributed by atoms with Crippen LogP contribution in [0.4, 0.5) is 0 Å². The molecule has 3 nitrogen and oxygen atoms in total. The van der Waals surface area contributed by atoms with Gasteiger partial charge < -0.3 is 4.74 Å². The Morgan fingerprint density at radius 2 is 2.00 bits per heavy atom. The van der Waals surface area contributed by atoms with Gasteiger partial charge in [0.2, 0.25) is 0 Å². The molecular formula is C20H27NO2. The summed E-state index contributed by atoms with van der Waals surface area (Å²) >= 11 is 0. The summed E-state index contributed by atoms with van der Waals surface area (Å²) in [6, 6.07) is 8.72. The van der Waals surface area contributed by atoms with Gasteiger partial charge in [0.15, 0.2) is 0 Å². The van der Waals surface area contributed by atoms with Gasteiger partial charge in [-0.1, -0.05) is 43.0 Å². The maximum Gasteiger partial charge on any atom is 0.323 e. The van der Waals surface area contributed by atoms with E-state index >= 15 is 0 Å². The highest BCUT2D eigenvalue weighted by atomic mass is 16.5. The smallest absolute Gasteiger partial charge is 0.323 e. The van der Waals surface area contributed by atoms with Crippen LogP contribution in [0.25, 0.3) is 0 Å². The zero-order valence-corrected chi connectivity index (χ0v) is 14.5. The van der Waals surface area contributed by atoms with Gasteiger partial charge in [-0.25, -0.2) is 0 Å². The molecule has 0 radical (unpaired) electrons. The molecule has 1 aliphatic carbocycles. The Bertz CT molecular complexity index is 594. The highest BCUT2D eigenvalue weighted by molar-refractivity contribution is 5.76. The molecule has 1 aliphatic rings. The van der Waals surface area contributed by atoms with Crippen LogP contribution < -0.4 is 0 Å². The molecule has 1 unspecified atom stereocenters. The Labute approximate surface area is 139 Å². The summed E-state index contributed by atoms with van der Waals surface area (Å²) < 4.78 is 5.20. The van der Waals surface area contributed by atoms with Crippen LogP contribution in [0.3, 0.4) is 0 Å². The quantitative estimate of drug-likeness (QED) is 0.752. The molecule has 0 amide bonds. The number of benzene rings is 1. The standard InChI is InChI=1S/C20H27NO2/c1-4-23-19(22)18(14-21)20(10-6-5-7-11-20)13-17-12-15(2)8-9-16(17)3/h8-9,12,18H,4-7,10-11,13H2,1-3H3. The molecular weight excluding hydrogens is 286 g/mol. The van der Waals surface area contributed by atoms with Gasteiger partial charge in [0.25, 0.3) is 0 Å². The van der Waals surface area contributed by atoms with E-state index in [0.29, 0.717) is 6.61 Å². The summed E-state index contributed by atoms with van der Waals surface area (Å²) in [5.41, 5.74) is 3.44. The Balaban J connectivity index is 2.37. The fourth-order valence-electron chi connectivity index (χ4n) is 3.86. The van der Waals surface area contributed by atoms with Crippen LogP contribution in [0.15, 0.2) is 18.2 Å². The lowest BCUT2D eigenvalue weighted by atomic mass is 9.63. The molecule has 3 heteroatoms. The van der Waals surface area contributed by atoms with Gasteiger partial charge in [-0.2, -0.15) is 5.26 Å². The van der Waals surface area contributed by atoms with Crippen LogP contribution in [0, 0.1) is 36.5 Å². The second kappa shape index (κ2) is 7.64. The van der Waals surface area contributed by atoms with Crippen molar-refractivity contribution in [1.82, 2.24) is 0 Å². The van der Waals surface area contributed by atoms with Crippen molar-refractivity contribution in [2.45, 2.75) is 59.3 Å². The number of hydrogen-bond acceptors (Lipinski definition) is 3. The molecule has 0 N–H and O–H groups in total. The van der Waals surface area contributed by atoms with E-state index in [1.807, 2.05) is 0 Å². The topological polar surface area (TPSA) is 50.1 Å². The van der Waals surface area contributed by atoms with E-state index in [-0.39, 0.29) is 11.4 Å². The first-order chi connectivity index (χ1) is 11.0. The molecule has 1 aromatic rings. The van der Waals surface area contributed by atoms with Gasteiger partial charge in [0.1, 0.15) is 5.92 Å². The van der Waals surface area contributed by atoms with E-state index < -0.39 is 5.92 Å². The third-order valence-electron chi connectivity index (χ3n) is 5.16. The van der Waals surface area contributed by atoms with Crippen LogP contribution >= 0.6 is 0 Å². The van der Waals surface area contributed by atoms with Crippen molar-refractivity contribution in [3.05, 3.63) is 34.9 Å². The maximum atomic E-state index is 12.4. The monoisotopic (exact) mass is 313 g/mol. The second-order valence-corrected chi connectivity index (χ2v) is 6.84. The van der Waals surface area contributed by atoms with Gasteiger partial charge in [0, 0.05) is 5.41 Å². The summed E-state index contributed by atoms with van der Waals surface area (Å²) in [5.74, 6) is -1.01. The molecule has 23 heavy (non-hydrogen) atoms. The summed E-state index contributed by atoms with van der Waals surface area (Å²) in [7, 11) is 0. The van der Waals surface area contributed by atoms with Crippen molar-refractivity contribution < 1.29 is 9.53 Å². The number of nitriles is 1. The number of hydrogen-bond donors (Lipinski definition) is 0. The molecule has 0 spiro atoms. The van der Waals surface area contributed by atoms with Crippen molar-refractivity contribution in [3.8, 4) is 6.07 Å². The van der Waals surface area contributed by atoms with Crippen LogP contribution in [-0.4, -0.2) is 12.6 Å². The number of carbonyl (C=O) groups excluding carboxylic acids is 1. The summed E-state index contributed by atoms with van der Waals surface area (Å²) in [4.78, 5) is 12.4. The third kappa shape index (κ3) is 3.93. The van der Waals surface area contributed by atoms with E-state index in [1.54, 1.807) is 6.92 Å². The van der Waals surface area contributed by atoms with Gasteiger partial charge in [-0.3, -0.25) is 4.79 Å². The van der Waals surface area contributed by atoms with Crippen LogP contribution in [0.5, 0.6) is 0 Å². The Morgan fingerprint density at radius 3 is 2.61 bits per heavy atom. The van der Waals surface area contributed by atoms with E-state index in [1.165, 1.54) is 23.1 Å². The molecule has 1 fully saturated rings. The minimum atomic E-state index is -0.664. The highest BCUT2D eigenvalue weighted by Crippen LogP contribution is 2.46. The number of esters is 1. The number of rotatable bonds is 5. The lowest BCUT2D eigenvalue weighted by molar-refractivity contribution is -0.151. The molecule has 0 aliphatic heterocycles. The number of aryl methyl sites for hydroxylation is 2. The average molecular weight is 313 g/mol. The molecule has 0 aromatic heterocycles. The Morgan fingerprint density at radius 1 is 1.30 bits per heavy atom. The van der Waals surface area contributed by atoms with E-state index in [9.17, 15) is 10.1 Å². The average Bonchev–Trinajstić information content (AvgIpc) is 2.53. The van der Waals surface area contributed by atoms with Gasteiger partial charge in [-0.15, -0.1) is 0 Å². The second-order valence-electron chi connectivity index (χ2n) is 6.84. The molecule has 1 aromatic carbocycles. The van der Waals surface area contributed by atoms with E-state index in [0.717, 1.165) is 32.1 Å². The summed E-state index contributed by atoms with van der Waals surface area (Å²) in [6.45, 7) is 6.32. The van der Waals surface area contributed by atoms with Crippen molar-refractivity contribution in [3.63, 3.8) is 0 Å². The third-order valence-corrected chi connectivity index (χ3v) is 5.16. The highest BCUT2D eigenvalue weighted by Gasteiger charge is 2.45. The lowest BCUT2D eigenvalue weighted by Gasteiger charge is -2.40. The molecule has 0 bridgehead atoms. The zero-order valence-electron chi connectivity index (χ0n) is 14.5. The van der Waals surface area contributed by atoms with Crippen LogP contribution in [0.1, 0.15) is 55.7 Å². The predicted molar refractivity (Wildman–Crippen MR) is 90.9 cm³/mol. The minimum Gasteiger partial charge on any atom is -0.465 e. The van der Waals surface area contributed by atoms with Crippen molar-refractivity contribution in [1.29, 1.82) is 5.26 Å². The molecule has 124 valence electrons. The number of nitrogens with zero attached hydrogens (tertiary/aromatic N) is 1. The van der Waals surface area contributed by atoms with Gasteiger partial charge >= 0.3 is 5.97 Å². The van der Waals surface area contributed by atoms with E-state index in [4.69, 9.17) is 4.74 Å². The fourth-order valence-corrected chi connectivity index (χ4v) is 3.86. The lowest BCUT2D eigenvalue weighted by Crippen LogP contribution is -2.40. The zero-order chi connectivity index (χ0) is 16.9. The molecule has 2 rings (SSSR count). The predicted octanol–water partition coefficient (Wildman–Crippen LogP) is 4.50. The number of carbonyl (C=O) groups is 1. The fraction of sp³-hybridized carbons (Fsp3) is 0.600. The van der Waals surface area contributed by atoms with Gasteiger partial charge in [0.05, 0.1) is 12.7 Å². The summed E-state index contributed by atoms with van der Waals surface area (Å²) in [5, 5.41) is 9.69. The molecule has 1 saturated carbocycles. The molecule has 1 atom stereocenters. The van der Waals surface area contributed by atoms with Gasteiger partial charge in [-0.05, 0) is 51.2 Å². The first-order valence-electron chi connectivity index (χ1n) is 8.65. The number of ether oxygens (including phenoxy) is 1. The SMILES string of the molecule is CCOC(=O)C(C#N)C1(Cc2cc(C)ccc2C)CCCCC1. The van der Waals surface area contributed by atoms with Crippen LogP contribution in [0.2, 0.25) is 0 Å². The van der Waals surface area contributed by atoms with Crippen LogP contribution in [-0.2, 0) is 16.0 Å². The normalized spacial score (nSPS) is 18.0. The van der Waals surface area contributed by atoms with Crippen molar-refractivity contribution >= 4 is 5.97 Å². The first-order valence-corrected chi connectivity index (χ1v) is 8.65. The summed E-state index contributed by atoms with van der Waals surface area (Å²) in [6.07, 6.45) is 6.01.